The summed E-state index contributed by atoms with van der Waals surface area (Å²) in [4.78, 5) is 4.47. The predicted molar refractivity (Wildman–Crippen MR) is 58.7 cm³/mol. The summed E-state index contributed by atoms with van der Waals surface area (Å²) >= 11 is 0. The monoisotopic (exact) mass is 189 g/mol. The molecule has 0 aliphatic heterocycles. The van der Waals surface area contributed by atoms with Crippen molar-refractivity contribution in [2.75, 3.05) is 5.32 Å². The lowest BCUT2D eigenvalue weighted by atomic mass is 10.3. The standard InChI is InChI=1S/C11H15N3/c1-8(2)12-11-9(3)13-10-6-4-5-7-14(10)11/h4-8,12H,1-3H3. The van der Waals surface area contributed by atoms with Gasteiger partial charge in [0, 0.05) is 12.2 Å². The molecule has 0 aliphatic rings. The molecule has 0 atom stereocenters. The van der Waals surface area contributed by atoms with Crippen molar-refractivity contribution >= 4 is 11.5 Å². The third-order valence-corrected chi connectivity index (χ3v) is 2.13. The molecule has 2 aromatic rings. The van der Waals surface area contributed by atoms with Crippen LogP contribution < -0.4 is 5.32 Å². The number of nitrogens with zero attached hydrogens (tertiary/aromatic N) is 2. The molecule has 0 aliphatic carbocycles. The van der Waals surface area contributed by atoms with E-state index in [1.807, 2.05) is 31.3 Å². The second-order valence-corrected chi connectivity index (χ2v) is 3.77. The maximum Gasteiger partial charge on any atom is 0.138 e. The number of rotatable bonds is 2. The van der Waals surface area contributed by atoms with Gasteiger partial charge in [-0.2, -0.15) is 0 Å². The first-order valence-corrected chi connectivity index (χ1v) is 4.88. The smallest absolute Gasteiger partial charge is 0.138 e. The SMILES string of the molecule is Cc1nc2ccccn2c1NC(C)C. The lowest BCUT2D eigenvalue weighted by Crippen LogP contribution is -2.12. The highest BCUT2D eigenvalue weighted by Crippen LogP contribution is 2.17. The quantitative estimate of drug-likeness (QED) is 0.786. The van der Waals surface area contributed by atoms with E-state index >= 15 is 0 Å². The van der Waals surface area contributed by atoms with Crippen LogP contribution in [0, 0.1) is 6.92 Å². The molecule has 0 spiro atoms. The Morgan fingerprint density at radius 2 is 2.14 bits per heavy atom. The number of fused-ring (bicyclic) bond motifs is 1. The van der Waals surface area contributed by atoms with Crippen LogP contribution in [0.5, 0.6) is 0 Å². The van der Waals surface area contributed by atoms with E-state index in [1.54, 1.807) is 0 Å². The Bertz CT molecular complexity index is 443. The van der Waals surface area contributed by atoms with Crippen molar-refractivity contribution < 1.29 is 0 Å². The van der Waals surface area contributed by atoms with E-state index in [4.69, 9.17) is 0 Å². The minimum absolute atomic E-state index is 0.425. The van der Waals surface area contributed by atoms with Gasteiger partial charge in [0.1, 0.15) is 11.5 Å². The van der Waals surface area contributed by atoms with E-state index in [0.29, 0.717) is 6.04 Å². The van der Waals surface area contributed by atoms with Crippen molar-refractivity contribution in [3.63, 3.8) is 0 Å². The van der Waals surface area contributed by atoms with E-state index < -0.39 is 0 Å². The minimum atomic E-state index is 0.425. The maximum atomic E-state index is 4.47. The zero-order valence-corrected chi connectivity index (χ0v) is 8.78. The summed E-state index contributed by atoms with van der Waals surface area (Å²) in [6.07, 6.45) is 2.03. The van der Waals surface area contributed by atoms with Crippen molar-refractivity contribution in [1.29, 1.82) is 0 Å². The fraction of sp³-hybridized carbons (Fsp3) is 0.364. The highest BCUT2D eigenvalue weighted by Gasteiger charge is 2.07. The molecule has 2 heterocycles. The third-order valence-electron chi connectivity index (χ3n) is 2.13. The Balaban J connectivity index is 2.56. The largest absolute Gasteiger partial charge is 0.367 e. The van der Waals surface area contributed by atoms with E-state index in [0.717, 1.165) is 17.2 Å². The van der Waals surface area contributed by atoms with Gasteiger partial charge in [0.05, 0.1) is 5.69 Å². The number of imidazole rings is 1. The van der Waals surface area contributed by atoms with Gasteiger partial charge in [0.15, 0.2) is 0 Å². The Morgan fingerprint density at radius 3 is 2.86 bits per heavy atom. The Hall–Kier alpha value is -1.51. The van der Waals surface area contributed by atoms with Crippen molar-refractivity contribution in [2.45, 2.75) is 26.8 Å². The fourth-order valence-electron chi connectivity index (χ4n) is 1.56. The average molecular weight is 189 g/mol. The number of pyridine rings is 1. The van der Waals surface area contributed by atoms with E-state index in [2.05, 4.69) is 28.5 Å². The van der Waals surface area contributed by atoms with E-state index in [9.17, 15) is 0 Å². The van der Waals surface area contributed by atoms with E-state index in [-0.39, 0.29) is 0 Å². The highest BCUT2D eigenvalue weighted by atomic mass is 15.1. The second-order valence-electron chi connectivity index (χ2n) is 3.77. The van der Waals surface area contributed by atoms with Crippen LogP contribution in [0.15, 0.2) is 24.4 Å². The first kappa shape index (κ1) is 9.06. The van der Waals surface area contributed by atoms with Gasteiger partial charge in [-0.15, -0.1) is 0 Å². The van der Waals surface area contributed by atoms with Crippen LogP contribution in [-0.2, 0) is 0 Å². The normalized spacial score (nSPS) is 11.1. The summed E-state index contributed by atoms with van der Waals surface area (Å²) < 4.78 is 2.08. The number of hydrogen-bond acceptors (Lipinski definition) is 2. The number of nitrogens with one attached hydrogen (secondary N) is 1. The lowest BCUT2D eigenvalue weighted by molar-refractivity contribution is 0.882. The van der Waals surface area contributed by atoms with Crippen molar-refractivity contribution in [3.8, 4) is 0 Å². The molecule has 3 nitrogen and oxygen atoms in total. The minimum Gasteiger partial charge on any atom is -0.367 e. The van der Waals surface area contributed by atoms with Crippen molar-refractivity contribution in [1.82, 2.24) is 9.38 Å². The first-order chi connectivity index (χ1) is 6.68. The van der Waals surface area contributed by atoms with Crippen LogP contribution in [0.3, 0.4) is 0 Å². The van der Waals surface area contributed by atoms with Gasteiger partial charge in [-0.3, -0.25) is 4.40 Å². The van der Waals surface area contributed by atoms with Crippen LogP contribution in [-0.4, -0.2) is 15.4 Å². The molecule has 0 aromatic carbocycles. The van der Waals surface area contributed by atoms with Crippen LogP contribution in [0.1, 0.15) is 19.5 Å². The third kappa shape index (κ3) is 1.45. The van der Waals surface area contributed by atoms with Gasteiger partial charge >= 0.3 is 0 Å². The molecule has 74 valence electrons. The summed E-state index contributed by atoms with van der Waals surface area (Å²) in [5, 5.41) is 3.40. The maximum absolute atomic E-state index is 4.47. The van der Waals surface area contributed by atoms with Gasteiger partial charge in [-0.1, -0.05) is 6.07 Å². The fourth-order valence-corrected chi connectivity index (χ4v) is 1.56. The van der Waals surface area contributed by atoms with E-state index in [1.165, 1.54) is 0 Å². The lowest BCUT2D eigenvalue weighted by Gasteiger charge is -2.09. The summed E-state index contributed by atoms with van der Waals surface area (Å²) in [6, 6.07) is 6.45. The molecule has 0 amide bonds. The predicted octanol–water partition coefficient (Wildman–Crippen LogP) is 2.46. The Morgan fingerprint density at radius 1 is 1.36 bits per heavy atom. The van der Waals surface area contributed by atoms with Crippen molar-refractivity contribution in [2.24, 2.45) is 0 Å². The molecule has 0 unspecified atom stereocenters. The van der Waals surface area contributed by atoms with Crippen LogP contribution >= 0.6 is 0 Å². The summed E-state index contributed by atoms with van der Waals surface area (Å²) in [5.41, 5.74) is 2.04. The summed E-state index contributed by atoms with van der Waals surface area (Å²) in [7, 11) is 0. The molecule has 0 bridgehead atoms. The second kappa shape index (κ2) is 3.33. The zero-order chi connectivity index (χ0) is 10.1. The highest BCUT2D eigenvalue weighted by molar-refractivity contribution is 5.54. The summed E-state index contributed by atoms with van der Waals surface area (Å²) in [6.45, 7) is 6.28. The molecule has 0 radical (unpaired) electrons. The molecule has 0 saturated heterocycles. The van der Waals surface area contributed by atoms with Gasteiger partial charge in [0.25, 0.3) is 0 Å². The van der Waals surface area contributed by atoms with Crippen LogP contribution in [0.25, 0.3) is 5.65 Å². The average Bonchev–Trinajstić information content (AvgIpc) is 2.43. The van der Waals surface area contributed by atoms with Crippen molar-refractivity contribution in [3.05, 3.63) is 30.1 Å². The molecular formula is C11H15N3. The number of aromatic nitrogens is 2. The molecule has 1 N–H and O–H groups in total. The Labute approximate surface area is 83.8 Å². The number of aryl methyl sites for hydroxylation is 1. The molecule has 0 saturated carbocycles. The topological polar surface area (TPSA) is 29.3 Å². The number of hydrogen-bond donors (Lipinski definition) is 1. The van der Waals surface area contributed by atoms with Gasteiger partial charge in [-0.25, -0.2) is 4.98 Å². The van der Waals surface area contributed by atoms with Gasteiger partial charge in [0.2, 0.25) is 0 Å². The van der Waals surface area contributed by atoms with Crippen LogP contribution in [0.2, 0.25) is 0 Å². The van der Waals surface area contributed by atoms with Gasteiger partial charge in [-0.05, 0) is 32.9 Å². The molecule has 2 rings (SSSR count). The number of anilines is 1. The van der Waals surface area contributed by atoms with Crippen LogP contribution in [0.4, 0.5) is 5.82 Å². The molecule has 0 fully saturated rings. The molecule has 14 heavy (non-hydrogen) atoms. The molecule has 3 heteroatoms. The van der Waals surface area contributed by atoms with Gasteiger partial charge < -0.3 is 5.32 Å². The first-order valence-electron chi connectivity index (χ1n) is 4.88. The zero-order valence-electron chi connectivity index (χ0n) is 8.78. The Kier molecular flexibility index (Phi) is 2.15. The summed E-state index contributed by atoms with van der Waals surface area (Å²) in [5.74, 6) is 1.09. The molecular weight excluding hydrogens is 174 g/mol. The molecule has 2 aromatic heterocycles.